The molecule has 1 heteroatoms. The van der Waals surface area contributed by atoms with Crippen LogP contribution in [-0.2, 0) is 0 Å². The highest BCUT2D eigenvalue weighted by Gasteiger charge is 1.83. The van der Waals surface area contributed by atoms with E-state index in [0.29, 0.717) is 0 Å². The van der Waals surface area contributed by atoms with Crippen molar-refractivity contribution < 1.29 is 0 Å². The molecule has 0 bridgehead atoms. The molecule has 0 aliphatic rings. The Balaban J connectivity index is 0. The summed E-state index contributed by atoms with van der Waals surface area (Å²) in [5.74, 6) is 0. The predicted octanol–water partition coefficient (Wildman–Crippen LogP) is 3.18. The molecule has 0 saturated carbocycles. The van der Waals surface area contributed by atoms with Gasteiger partial charge >= 0.3 is 0 Å². The van der Waals surface area contributed by atoms with E-state index in [1.165, 1.54) is 6.21 Å². The Morgan fingerprint density at radius 2 is 1.60 bits per heavy atom. The highest BCUT2D eigenvalue weighted by molar-refractivity contribution is 5.76. The summed E-state index contributed by atoms with van der Waals surface area (Å²) in [5.41, 5.74) is 2.04. The van der Waals surface area contributed by atoms with Crippen LogP contribution in [0.5, 0.6) is 0 Å². The van der Waals surface area contributed by atoms with Gasteiger partial charge < -0.3 is 5.41 Å². The molecular weight excluding hydrogens is 122 g/mol. The minimum Gasteiger partial charge on any atom is -0.308 e. The Labute approximate surface area is 64.0 Å². The average molecular weight is 139 g/mol. The fourth-order valence-corrected chi connectivity index (χ4v) is 0.275. The first-order valence-corrected chi connectivity index (χ1v) is 3.52. The van der Waals surface area contributed by atoms with Crippen molar-refractivity contribution in [3.05, 3.63) is 23.8 Å². The lowest BCUT2D eigenvalue weighted by Crippen LogP contribution is -1.78. The first-order valence-electron chi connectivity index (χ1n) is 3.52. The smallest absolute Gasteiger partial charge is 0.0209 e. The average Bonchev–Trinajstić information content (AvgIpc) is 2.05. The minimum atomic E-state index is 0.972. The van der Waals surface area contributed by atoms with Gasteiger partial charge in [-0.25, -0.2) is 0 Å². The Morgan fingerprint density at radius 1 is 1.20 bits per heavy atom. The molecule has 0 aromatic carbocycles. The van der Waals surface area contributed by atoms with Crippen molar-refractivity contribution in [2.75, 3.05) is 0 Å². The molecule has 0 aromatic rings. The van der Waals surface area contributed by atoms with Crippen LogP contribution >= 0.6 is 0 Å². The van der Waals surface area contributed by atoms with E-state index < -0.39 is 0 Å². The third-order valence-corrected chi connectivity index (χ3v) is 1.14. The van der Waals surface area contributed by atoms with Gasteiger partial charge in [0.05, 0.1) is 0 Å². The maximum absolute atomic E-state index is 6.81. The molecule has 0 saturated heterocycles. The van der Waals surface area contributed by atoms with Gasteiger partial charge in [-0.05, 0) is 25.0 Å². The summed E-state index contributed by atoms with van der Waals surface area (Å²) in [6.45, 7) is 11.4. The van der Waals surface area contributed by atoms with Crippen LogP contribution in [0.2, 0.25) is 0 Å². The summed E-state index contributed by atoms with van der Waals surface area (Å²) in [6, 6.07) is 0. The van der Waals surface area contributed by atoms with Crippen molar-refractivity contribution >= 4 is 6.21 Å². The summed E-state index contributed by atoms with van der Waals surface area (Å²) in [4.78, 5) is 0. The fraction of sp³-hybridized carbons (Fsp3) is 0.444. The Kier molecular flexibility index (Phi) is 9.69. The van der Waals surface area contributed by atoms with Crippen molar-refractivity contribution in [2.24, 2.45) is 0 Å². The van der Waals surface area contributed by atoms with E-state index in [0.717, 1.165) is 11.1 Å². The first kappa shape index (κ1) is 11.9. The van der Waals surface area contributed by atoms with Gasteiger partial charge in [0.25, 0.3) is 0 Å². The normalized spacial score (nSPS) is 10.4. The molecule has 0 fully saturated rings. The van der Waals surface area contributed by atoms with Crippen LogP contribution in [0.3, 0.4) is 0 Å². The molecule has 0 aliphatic carbocycles. The topological polar surface area (TPSA) is 23.9 Å². The summed E-state index contributed by atoms with van der Waals surface area (Å²) in [6.07, 6.45) is 3.08. The molecule has 0 rings (SSSR count). The van der Waals surface area contributed by atoms with Crippen LogP contribution in [0.15, 0.2) is 23.8 Å². The first-order chi connectivity index (χ1) is 4.72. The van der Waals surface area contributed by atoms with Gasteiger partial charge in [0.1, 0.15) is 0 Å². The maximum atomic E-state index is 6.81. The number of hydrogen-bond acceptors (Lipinski definition) is 1. The summed E-state index contributed by atoms with van der Waals surface area (Å²) >= 11 is 0. The van der Waals surface area contributed by atoms with Gasteiger partial charge in [0.2, 0.25) is 0 Å². The maximum Gasteiger partial charge on any atom is 0.0209 e. The van der Waals surface area contributed by atoms with Crippen molar-refractivity contribution in [1.29, 1.82) is 5.41 Å². The lowest BCUT2D eigenvalue weighted by molar-refractivity contribution is 1.40. The molecular formula is C9H17N. The monoisotopic (exact) mass is 139 g/mol. The number of hydrogen-bond donors (Lipinski definition) is 1. The summed E-state index contributed by atoms with van der Waals surface area (Å²) in [7, 11) is 0. The Bertz CT molecular complexity index is 116. The number of allylic oxidation sites excluding steroid dienone is 3. The van der Waals surface area contributed by atoms with Crippen LogP contribution in [0, 0.1) is 5.41 Å². The van der Waals surface area contributed by atoms with Gasteiger partial charge in [0, 0.05) is 6.21 Å². The lowest BCUT2D eigenvalue weighted by atomic mass is 10.2. The van der Waals surface area contributed by atoms with E-state index in [4.69, 9.17) is 5.41 Å². The van der Waals surface area contributed by atoms with Crippen LogP contribution < -0.4 is 0 Å². The van der Waals surface area contributed by atoms with E-state index >= 15 is 0 Å². The van der Waals surface area contributed by atoms with E-state index in [-0.39, 0.29) is 0 Å². The molecule has 0 radical (unpaired) electrons. The van der Waals surface area contributed by atoms with Gasteiger partial charge in [-0.2, -0.15) is 0 Å². The van der Waals surface area contributed by atoms with Crippen molar-refractivity contribution in [2.45, 2.75) is 27.7 Å². The second-order valence-electron chi connectivity index (χ2n) is 1.71. The molecule has 0 heterocycles. The van der Waals surface area contributed by atoms with Crippen LogP contribution in [-0.4, -0.2) is 6.21 Å². The van der Waals surface area contributed by atoms with Crippen LogP contribution in [0.4, 0.5) is 0 Å². The highest BCUT2D eigenvalue weighted by Crippen LogP contribution is 1.99. The largest absolute Gasteiger partial charge is 0.308 e. The zero-order valence-corrected chi connectivity index (χ0v) is 7.36. The zero-order valence-electron chi connectivity index (χ0n) is 7.36. The second-order valence-corrected chi connectivity index (χ2v) is 1.71. The van der Waals surface area contributed by atoms with Gasteiger partial charge in [-0.1, -0.05) is 26.5 Å². The molecule has 0 aliphatic heterocycles. The van der Waals surface area contributed by atoms with Crippen LogP contribution in [0.1, 0.15) is 27.7 Å². The molecule has 58 valence electrons. The zero-order chi connectivity index (χ0) is 8.57. The third-order valence-electron chi connectivity index (χ3n) is 1.14. The summed E-state index contributed by atoms with van der Waals surface area (Å²) in [5, 5.41) is 6.81. The number of rotatable bonds is 2. The van der Waals surface area contributed by atoms with E-state index in [1.807, 2.05) is 27.7 Å². The molecule has 1 nitrogen and oxygen atoms in total. The minimum absolute atomic E-state index is 0.972. The molecule has 0 unspecified atom stereocenters. The lowest BCUT2D eigenvalue weighted by Gasteiger charge is -1.91. The van der Waals surface area contributed by atoms with Gasteiger partial charge in [0.15, 0.2) is 0 Å². The second kappa shape index (κ2) is 8.15. The molecule has 0 aromatic heterocycles. The quantitative estimate of drug-likeness (QED) is 0.449. The van der Waals surface area contributed by atoms with Gasteiger partial charge in [-0.15, -0.1) is 0 Å². The van der Waals surface area contributed by atoms with Crippen LogP contribution in [0.25, 0.3) is 0 Å². The Hall–Kier alpha value is -0.850. The van der Waals surface area contributed by atoms with Crippen molar-refractivity contribution in [3.8, 4) is 0 Å². The SMILES string of the molecule is C=C/C(C)=C(/C)C=N.CC. The van der Waals surface area contributed by atoms with E-state index in [9.17, 15) is 0 Å². The van der Waals surface area contributed by atoms with Crippen molar-refractivity contribution in [1.82, 2.24) is 0 Å². The molecule has 0 atom stereocenters. The Morgan fingerprint density at radius 3 is 1.70 bits per heavy atom. The van der Waals surface area contributed by atoms with Gasteiger partial charge in [-0.3, -0.25) is 0 Å². The molecule has 10 heavy (non-hydrogen) atoms. The number of nitrogens with one attached hydrogen (secondary N) is 1. The fourth-order valence-electron chi connectivity index (χ4n) is 0.275. The molecule has 0 amide bonds. The summed E-state index contributed by atoms with van der Waals surface area (Å²) < 4.78 is 0. The molecule has 1 N–H and O–H groups in total. The van der Waals surface area contributed by atoms with E-state index in [2.05, 4.69) is 6.58 Å². The van der Waals surface area contributed by atoms with Crippen molar-refractivity contribution in [3.63, 3.8) is 0 Å². The highest BCUT2D eigenvalue weighted by atomic mass is 14.3. The van der Waals surface area contributed by atoms with E-state index in [1.54, 1.807) is 6.08 Å². The standard InChI is InChI=1S/C7H11N.C2H6/c1-4-6(2)7(3)5-8;1-2/h4-5,8H,1H2,2-3H3;1-2H3/b7-6-,8-5?;. The third kappa shape index (κ3) is 5.29. The molecule has 0 spiro atoms. The predicted molar refractivity (Wildman–Crippen MR) is 48.7 cm³/mol.